The second kappa shape index (κ2) is 20.0. The number of anilines is 9. The maximum atomic E-state index is 2.71. The SMILES string of the molecule is CC(C)(C)c1cc2c3c(c1)N(c1ccc4c5ccccc5c5ccccc5c4c1)c1cc4c(cc1B3c1ccccc1S2)B1c2ccccc2N2c3cc(cc(c31)N4c1ccc3c4ccccc4c4ccccc4c3c1)C(C)(C)c1ccc(cc1)-c1cccc(-c3ccccc3)c12. The molecular weight excluding hydrogens is 1190 g/mol. The van der Waals surface area contributed by atoms with E-state index in [4.69, 9.17) is 0 Å². The van der Waals surface area contributed by atoms with Gasteiger partial charge in [0.05, 0.1) is 5.69 Å². The molecule has 0 aliphatic carbocycles. The summed E-state index contributed by atoms with van der Waals surface area (Å²) < 4.78 is 0. The Hall–Kier alpha value is -11.0. The van der Waals surface area contributed by atoms with Crippen molar-refractivity contribution in [2.45, 2.75) is 55.2 Å². The van der Waals surface area contributed by atoms with Gasteiger partial charge in [0.25, 0.3) is 6.71 Å². The Morgan fingerprint density at radius 3 is 1.31 bits per heavy atom. The number of hydrogen-bond acceptors (Lipinski definition) is 4. The zero-order chi connectivity index (χ0) is 64.3. The molecular formula is C91H63B2N3S. The summed E-state index contributed by atoms with van der Waals surface area (Å²) in [5.41, 5.74) is 26.7. The number of hydrogen-bond donors (Lipinski definition) is 0. The summed E-state index contributed by atoms with van der Waals surface area (Å²) in [5, 5.41) is 15.1. The van der Waals surface area contributed by atoms with E-state index in [0.717, 1.165) is 11.4 Å². The first kappa shape index (κ1) is 55.3. The van der Waals surface area contributed by atoms with Gasteiger partial charge in [-0.15, -0.1) is 0 Å². The molecule has 0 N–H and O–H groups in total. The molecule has 0 unspecified atom stereocenters. The van der Waals surface area contributed by atoms with Crippen LogP contribution in [0.3, 0.4) is 0 Å². The fourth-order valence-corrected chi connectivity index (χ4v) is 19.1. The van der Waals surface area contributed by atoms with Gasteiger partial charge in [0, 0.05) is 71.8 Å². The third-order valence-electron chi connectivity index (χ3n) is 22.6. The molecule has 0 fully saturated rings. The molecule has 6 aliphatic rings. The molecule has 0 radical (unpaired) electrons. The summed E-state index contributed by atoms with van der Waals surface area (Å²) in [4.78, 5) is 10.7. The van der Waals surface area contributed by atoms with E-state index in [-0.39, 0.29) is 18.8 Å². The largest absolute Gasteiger partial charge is 0.311 e. The first-order valence-electron chi connectivity index (χ1n) is 34.3. The highest BCUT2D eigenvalue weighted by Crippen LogP contribution is 2.55. The van der Waals surface area contributed by atoms with Crippen LogP contribution in [-0.4, -0.2) is 13.4 Å². The van der Waals surface area contributed by atoms with Crippen molar-refractivity contribution < 1.29 is 0 Å². The predicted molar refractivity (Wildman–Crippen MR) is 417 cm³/mol. The van der Waals surface area contributed by atoms with Crippen LogP contribution >= 0.6 is 11.8 Å². The minimum Gasteiger partial charge on any atom is -0.311 e. The Kier molecular flexibility index (Phi) is 11.4. The number of benzene rings is 16. The van der Waals surface area contributed by atoms with Gasteiger partial charge in [0.15, 0.2) is 0 Å². The van der Waals surface area contributed by atoms with Crippen LogP contribution in [0.4, 0.5) is 51.2 Å². The molecule has 16 aromatic carbocycles. The van der Waals surface area contributed by atoms with Crippen molar-refractivity contribution in [1.29, 1.82) is 0 Å². The lowest BCUT2D eigenvalue weighted by atomic mass is 9.30. The minimum atomic E-state index is -0.414. The van der Waals surface area contributed by atoms with Crippen LogP contribution in [0.25, 0.3) is 86.9 Å². The summed E-state index contributed by atoms with van der Waals surface area (Å²) in [7, 11) is 0. The molecule has 6 aliphatic heterocycles. The van der Waals surface area contributed by atoms with E-state index >= 15 is 0 Å². The van der Waals surface area contributed by atoms with Crippen LogP contribution in [0, 0.1) is 0 Å². The van der Waals surface area contributed by atoms with Crippen molar-refractivity contribution in [2.75, 3.05) is 14.7 Å². The van der Waals surface area contributed by atoms with Crippen molar-refractivity contribution in [3.63, 3.8) is 0 Å². The summed E-state index contributed by atoms with van der Waals surface area (Å²) in [6.45, 7) is 11.8. The first-order valence-corrected chi connectivity index (χ1v) is 35.1. The maximum absolute atomic E-state index is 2.71. The number of rotatable bonds is 3. The van der Waals surface area contributed by atoms with Crippen molar-refractivity contribution >= 4 is 174 Å². The molecule has 0 saturated carbocycles. The van der Waals surface area contributed by atoms with Gasteiger partial charge < -0.3 is 14.7 Å². The molecule has 6 heteroatoms. The van der Waals surface area contributed by atoms with Crippen molar-refractivity contribution in [2.24, 2.45) is 0 Å². The van der Waals surface area contributed by atoms with E-state index in [1.54, 1.807) is 0 Å². The molecule has 0 saturated heterocycles. The summed E-state index contributed by atoms with van der Waals surface area (Å²) >= 11 is 1.95. The predicted octanol–water partition coefficient (Wildman–Crippen LogP) is 20.7. The van der Waals surface area contributed by atoms with Crippen LogP contribution in [0.5, 0.6) is 0 Å². The van der Waals surface area contributed by atoms with Gasteiger partial charge in [-0.2, -0.15) is 0 Å². The fraction of sp³-hybridized carbons (Fsp3) is 0.0769. The van der Waals surface area contributed by atoms with Gasteiger partial charge in [-0.25, -0.2) is 0 Å². The molecule has 454 valence electrons. The Balaban J connectivity index is 0.924. The second-order valence-electron chi connectivity index (χ2n) is 29.0. The Bertz CT molecular complexity index is 6100. The summed E-state index contributed by atoms with van der Waals surface area (Å²) in [6, 6.07) is 113. The van der Waals surface area contributed by atoms with Gasteiger partial charge in [0.1, 0.15) is 0 Å². The highest BCUT2D eigenvalue weighted by molar-refractivity contribution is 8.00. The molecule has 0 spiro atoms. The van der Waals surface area contributed by atoms with E-state index in [9.17, 15) is 0 Å². The van der Waals surface area contributed by atoms with Gasteiger partial charge >= 0.3 is 0 Å². The van der Waals surface area contributed by atoms with Crippen LogP contribution < -0.4 is 47.5 Å². The monoisotopic (exact) mass is 1250 g/mol. The van der Waals surface area contributed by atoms with Crippen molar-refractivity contribution in [1.82, 2.24) is 0 Å². The number of para-hydroxylation sites is 2. The quantitative estimate of drug-likeness (QED) is 0.129. The molecule has 97 heavy (non-hydrogen) atoms. The molecule has 4 bridgehead atoms. The average Bonchev–Trinajstić information content (AvgIpc) is 1.12. The minimum absolute atomic E-state index is 0.0576. The normalized spacial score (nSPS) is 14.4. The van der Waals surface area contributed by atoms with Gasteiger partial charge in [-0.1, -0.05) is 276 Å². The number of nitrogens with zero attached hydrogens (tertiary/aromatic N) is 3. The lowest BCUT2D eigenvalue weighted by molar-refractivity contribution is 0.589. The maximum Gasteiger partial charge on any atom is 0.252 e. The van der Waals surface area contributed by atoms with Crippen molar-refractivity contribution in [3.8, 4) is 22.3 Å². The van der Waals surface area contributed by atoms with Gasteiger partial charge in [-0.3, -0.25) is 0 Å². The van der Waals surface area contributed by atoms with E-state index in [1.807, 2.05) is 11.8 Å². The van der Waals surface area contributed by atoms with E-state index < -0.39 is 5.41 Å². The standard InChI is InChI=1S/C91H63B2N3S/c1-90(2,3)57-46-84-88-86(49-57)97-85-37-20-18-35-76(85)93(88)78-52-77-80(53-81(78)95(84)60-43-45-72-68-29-12-10-25-64(68)66-27-14-16-31-70(66)74(72)51-60)94(59-42-44-71-67-28-11-9-24-63(67)65-26-13-15-30-69(65)73(71)50-59)82-47-58-48-83-87(82)92(77)75-34-17-19-36-79(75)96(83)89-61(54-22-7-6-8-23-54)32-21-33-62(89)55-38-40-56(41-39-55)91(58,4)5/h6-53H,1-5H3. The molecule has 0 amide bonds. The van der Waals surface area contributed by atoms with E-state index in [1.165, 1.54) is 186 Å². The topological polar surface area (TPSA) is 9.72 Å². The van der Waals surface area contributed by atoms with E-state index in [0.29, 0.717) is 0 Å². The number of fused-ring (bicyclic) bond motifs is 22. The highest BCUT2D eigenvalue weighted by Gasteiger charge is 2.49. The zero-order valence-corrected chi connectivity index (χ0v) is 55.4. The van der Waals surface area contributed by atoms with Gasteiger partial charge in [0.2, 0.25) is 6.71 Å². The highest BCUT2D eigenvalue weighted by atomic mass is 32.2. The second-order valence-corrected chi connectivity index (χ2v) is 30.1. The average molecular weight is 1250 g/mol. The molecule has 6 heterocycles. The lowest BCUT2D eigenvalue weighted by Gasteiger charge is -2.47. The third kappa shape index (κ3) is 7.73. The molecule has 0 aromatic heterocycles. The van der Waals surface area contributed by atoms with Gasteiger partial charge in [-0.05, 0) is 192 Å². The Labute approximate surface area is 570 Å². The van der Waals surface area contributed by atoms with E-state index in [2.05, 4.69) is 341 Å². The van der Waals surface area contributed by atoms with Crippen molar-refractivity contribution in [3.05, 3.63) is 308 Å². The Morgan fingerprint density at radius 2 is 0.753 bits per heavy atom. The summed E-state index contributed by atoms with van der Waals surface area (Å²) in [5.74, 6) is 0. The molecule has 0 atom stereocenters. The molecule has 16 aromatic rings. The summed E-state index contributed by atoms with van der Waals surface area (Å²) in [6.07, 6.45) is 0. The Morgan fingerprint density at radius 1 is 0.299 bits per heavy atom. The molecule has 3 nitrogen and oxygen atoms in total. The third-order valence-corrected chi connectivity index (χ3v) is 23.7. The fourth-order valence-electron chi connectivity index (χ4n) is 17.9. The molecule has 22 rings (SSSR count). The zero-order valence-electron chi connectivity index (χ0n) is 54.6. The smallest absolute Gasteiger partial charge is 0.252 e. The first-order chi connectivity index (χ1) is 47.5. The van der Waals surface area contributed by atoms with Crippen LogP contribution in [0.1, 0.15) is 51.3 Å². The van der Waals surface area contributed by atoms with Crippen LogP contribution in [0.15, 0.2) is 301 Å². The van der Waals surface area contributed by atoms with Crippen LogP contribution in [-0.2, 0) is 10.8 Å². The lowest BCUT2D eigenvalue weighted by Crippen LogP contribution is -2.64. The van der Waals surface area contributed by atoms with Crippen LogP contribution in [0.2, 0.25) is 0 Å².